The number of carbonyl (C=O) groups excluding carboxylic acids is 2. The molecule has 1 heterocycles. The van der Waals surface area contributed by atoms with Gasteiger partial charge in [0, 0.05) is 6.21 Å². The average Bonchev–Trinajstić information content (AvgIpc) is 2.79. The van der Waals surface area contributed by atoms with Gasteiger partial charge in [-0.15, -0.1) is 6.42 Å². The number of nitrogens with zero attached hydrogens (tertiary/aromatic N) is 2. The van der Waals surface area contributed by atoms with Crippen molar-refractivity contribution in [3.05, 3.63) is 30.1 Å². The predicted octanol–water partition coefficient (Wildman–Crippen LogP) is 0.524. The summed E-state index contributed by atoms with van der Waals surface area (Å²) in [4.78, 5) is 23.6. The molecule has 1 N–H and O–H groups in total. The first-order valence-electron chi connectivity index (χ1n) is 5.48. The van der Waals surface area contributed by atoms with Gasteiger partial charge in [-0.2, -0.15) is 5.10 Å². The molecule has 0 fully saturated rings. The molecule has 1 aliphatic heterocycles. The van der Waals surface area contributed by atoms with Crippen molar-refractivity contribution in [3.8, 4) is 12.3 Å². The van der Waals surface area contributed by atoms with E-state index in [4.69, 9.17) is 6.42 Å². The standard InChI is InChI=1S/C13H10FN3O2/c1-2-7-15-12(18)11-8-16-17(13(11)19)10-5-3-9(14)4-6-10/h1,3-6,8,11H,7H2,(H,15,18)/t11-/m0/s1. The number of hydrogen-bond donors (Lipinski definition) is 1. The normalized spacial score (nSPS) is 17.4. The minimum atomic E-state index is -1.00. The lowest BCUT2D eigenvalue weighted by Gasteiger charge is -2.13. The Labute approximate surface area is 109 Å². The van der Waals surface area contributed by atoms with Crippen LogP contribution in [0.1, 0.15) is 0 Å². The zero-order valence-corrected chi connectivity index (χ0v) is 9.84. The van der Waals surface area contributed by atoms with Crippen molar-refractivity contribution < 1.29 is 14.0 Å². The molecule has 19 heavy (non-hydrogen) atoms. The van der Waals surface area contributed by atoms with Crippen LogP contribution in [-0.4, -0.2) is 24.6 Å². The third-order valence-electron chi connectivity index (χ3n) is 2.52. The molecule has 1 aliphatic rings. The van der Waals surface area contributed by atoms with Gasteiger partial charge < -0.3 is 5.32 Å². The minimum absolute atomic E-state index is 0.0486. The van der Waals surface area contributed by atoms with E-state index in [2.05, 4.69) is 16.3 Å². The van der Waals surface area contributed by atoms with Crippen molar-refractivity contribution >= 4 is 23.7 Å². The molecule has 0 unspecified atom stereocenters. The Bertz CT molecular complexity index is 575. The summed E-state index contributed by atoms with van der Waals surface area (Å²) < 4.78 is 12.8. The van der Waals surface area contributed by atoms with Crippen LogP contribution in [0.15, 0.2) is 29.4 Å². The van der Waals surface area contributed by atoms with E-state index in [0.29, 0.717) is 5.69 Å². The zero-order chi connectivity index (χ0) is 13.8. The molecule has 1 aromatic rings. The Morgan fingerprint density at radius 2 is 2.16 bits per heavy atom. The van der Waals surface area contributed by atoms with E-state index >= 15 is 0 Å². The number of hydrogen-bond acceptors (Lipinski definition) is 3. The second-order valence-corrected chi connectivity index (χ2v) is 3.79. The molecule has 2 rings (SSSR count). The van der Waals surface area contributed by atoms with Gasteiger partial charge in [0.25, 0.3) is 5.91 Å². The summed E-state index contributed by atoms with van der Waals surface area (Å²) >= 11 is 0. The highest BCUT2D eigenvalue weighted by atomic mass is 19.1. The monoisotopic (exact) mass is 259 g/mol. The van der Waals surface area contributed by atoms with E-state index in [-0.39, 0.29) is 6.54 Å². The van der Waals surface area contributed by atoms with Crippen molar-refractivity contribution in [1.82, 2.24) is 5.32 Å². The number of nitrogens with one attached hydrogen (secondary N) is 1. The van der Waals surface area contributed by atoms with E-state index < -0.39 is 23.5 Å². The predicted molar refractivity (Wildman–Crippen MR) is 67.7 cm³/mol. The Balaban J connectivity index is 2.10. The fourth-order valence-corrected chi connectivity index (χ4v) is 1.59. The second-order valence-electron chi connectivity index (χ2n) is 3.79. The SMILES string of the molecule is C#CCNC(=O)[C@@H]1C=NN(c2ccc(F)cc2)C1=O. The van der Waals surface area contributed by atoms with Crippen LogP contribution < -0.4 is 10.3 Å². The smallest absolute Gasteiger partial charge is 0.265 e. The average molecular weight is 259 g/mol. The number of terminal acetylenes is 1. The van der Waals surface area contributed by atoms with Crippen LogP contribution in [0.2, 0.25) is 0 Å². The van der Waals surface area contributed by atoms with Crippen LogP contribution in [0.3, 0.4) is 0 Å². The molecular weight excluding hydrogens is 249 g/mol. The molecule has 0 aromatic heterocycles. The Kier molecular flexibility index (Phi) is 3.57. The highest BCUT2D eigenvalue weighted by Gasteiger charge is 2.34. The van der Waals surface area contributed by atoms with Gasteiger partial charge in [0.1, 0.15) is 5.82 Å². The molecular formula is C13H10FN3O2. The molecule has 0 spiro atoms. The molecule has 0 bridgehead atoms. The number of anilines is 1. The van der Waals surface area contributed by atoms with Gasteiger partial charge in [-0.3, -0.25) is 9.59 Å². The van der Waals surface area contributed by atoms with Crippen molar-refractivity contribution in [2.24, 2.45) is 11.0 Å². The number of carbonyl (C=O) groups is 2. The highest BCUT2D eigenvalue weighted by Crippen LogP contribution is 2.21. The van der Waals surface area contributed by atoms with Crippen LogP contribution in [0, 0.1) is 24.1 Å². The van der Waals surface area contributed by atoms with Crippen LogP contribution in [0.4, 0.5) is 10.1 Å². The van der Waals surface area contributed by atoms with Gasteiger partial charge >= 0.3 is 0 Å². The third-order valence-corrected chi connectivity index (χ3v) is 2.52. The Hall–Kier alpha value is -2.68. The van der Waals surface area contributed by atoms with Crippen molar-refractivity contribution in [2.45, 2.75) is 0 Å². The van der Waals surface area contributed by atoms with Crippen molar-refractivity contribution in [1.29, 1.82) is 0 Å². The molecule has 0 radical (unpaired) electrons. The van der Waals surface area contributed by atoms with Crippen LogP contribution in [-0.2, 0) is 9.59 Å². The van der Waals surface area contributed by atoms with Gasteiger partial charge in [-0.1, -0.05) is 5.92 Å². The number of hydrazone groups is 1. The first-order valence-corrected chi connectivity index (χ1v) is 5.48. The van der Waals surface area contributed by atoms with Gasteiger partial charge in [0.2, 0.25) is 5.91 Å². The van der Waals surface area contributed by atoms with E-state index in [0.717, 1.165) is 5.01 Å². The Morgan fingerprint density at radius 1 is 1.47 bits per heavy atom. The van der Waals surface area contributed by atoms with Crippen LogP contribution in [0.25, 0.3) is 0 Å². The molecule has 1 aromatic carbocycles. The largest absolute Gasteiger partial charge is 0.344 e. The lowest BCUT2D eigenvalue weighted by atomic mass is 10.1. The molecule has 2 amide bonds. The highest BCUT2D eigenvalue weighted by molar-refractivity contribution is 6.21. The quantitative estimate of drug-likeness (QED) is 0.635. The van der Waals surface area contributed by atoms with Crippen molar-refractivity contribution in [3.63, 3.8) is 0 Å². The number of amides is 2. The van der Waals surface area contributed by atoms with Crippen molar-refractivity contribution in [2.75, 3.05) is 11.6 Å². The lowest BCUT2D eigenvalue weighted by Crippen LogP contribution is -2.38. The van der Waals surface area contributed by atoms with Gasteiger partial charge in [0.05, 0.1) is 12.2 Å². The minimum Gasteiger partial charge on any atom is -0.344 e. The zero-order valence-electron chi connectivity index (χ0n) is 9.84. The fraction of sp³-hybridized carbons (Fsp3) is 0.154. The van der Waals surface area contributed by atoms with E-state index in [1.807, 2.05) is 0 Å². The fourth-order valence-electron chi connectivity index (χ4n) is 1.59. The summed E-state index contributed by atoms with van der Waals surface area (Å²) in [7, 11) is 0. The first-order chi connectivity index (χ1) is 9.13. The summed E-state index contributed by atoms with van der Waals surface area (Å²) in [5.41, 5.74) is 0.398. The molecule has 0 saturated heterocycles. The number of benzene rings is 1. The maximum Gasteiger partial charge on any atom is 0.265 e. The molecule has 6 heteroatoms. The topological polar surface area (TPSA) is 61.8 Å². The van der Waals surface area contributed by atoms with Crippen LogP contribution in [0.5, 0.6) is 0 Å². The summed E-state index contributed by atoms with van der Waals surface area (Å²) in [6.07, 6.45) is 6.25. The number of rotatable bonds is 3. The van der Waals surface area contributed by atoms with Gasteiger partial charge in [-0.25, -0.2) is 9.40 Å². The second kappa shape index (κ2) is 5.31. The summed E-state index contributed by atoms with van der Waals surface area (Å²) in [6, 6.07) is 5.24. The molecule has 5 nitrogen and oxygen atoms in total. The number of halogens is 1. The van der Waals surface area contributed by atoms with E-state index in [9.17, 15) is 14.0 Å². The Morgan fingerprint density at radius 3 is 2.79 bits per heavy atom. The maximum atomic E-state index is 12.8. The third kappa shape index (κ3) is 2.60. The van der Waals surface area contributed by atoms with Gasteiger partial charge in [-0.05, 0) is 24.3 Å². The van der Waals surface area contributed by atoms with Crippen LogP contribution >= 0.6 is 0 Å². The lowest BCUT2D eigenvalue weighted by molar-refractivity contribution is -0.130. The van der Waals surface area contributed by atoms with E-state index in [1.54, 1.807) is 0 Å². The summed E-state index contributed by atoms with van der Waals surface area (Å²) in [6.45, 7) is 0.0486. The van der Waals surface area contributed by atoms with E-state index in [1.165, 1.54) is 30.5 Å². The van der Waals surface area contributed by atoms with Gasteiger partial charge in [0.15, 0.2) is 5.92 Å². The summed E-state index contributed by atoms with van der Waals surface area (Å²) in [5.74, 6) is -0.175. The molecule has 0 saturated carbocycles. The molecule has 0 aliphatic carbocycles. The first kappa shape index (κ1) is 12.8. The molecule has 96 valence electrons. The maximum absolute atomic E-state index is 12.8. The molecule has 1 atom stereocenters. The summed E-state index contributed by atoms with van der Waals surface area (Å²) in [5, 5.41) is 7.32.